The second-order valence-corrected chi connectivity index (χ2v) is 3.17. The van der Waals surface area contributed by atoms with Crippen LogP contribution in [0.4, 0.5) is 0 Å². The molecule has 0 unspecified atom stereocenters. The van der Waals surface area contributed by atoms with Crippen LogP contribution in [-0.2, 0) is 0 Å². The molecule has 5 heteroatoms. The second-order valence-electron chi connectivity index (χ2n) is 2.32. The van der Waals surface area contributed by atoms with Crippen molar-refractivity contribution >= 4 is 21.8 Å². The molecular weight excluding hydrogens is 222 g/mol. The lowest BCUT2D eigenvalue weighted by Gasteiger charge is -2.01. The van der Waals surface area contributed by atoms with Crippen LogP contribution in [-0.4, -0.2) is 10.9 Å². The van der Waals surface area contributed by atoms with Gasteiger partial charge in [0.2, 0.25) is 0 Å². The third-order valence-corrected chi connectivity index (χ3v) is 1.93. The highest BCUT2D eigenvalue weighted by Gasteiger charge is 2.09. The van der Waals surface area contributed by atoms with E-state index in [9.17, 15) is 4.79 Å². The van der Waals surface area contributed by atoms with Crippen molar-refractivity contribution in [1.29, 1.82) is 0 Å². The highest BCUT2D eigenvalue weighted by molar-refractivity contribution is 9.10. The van der Waals surface area contributed by atoms with Crippen LogP contribution in [0.15, 0.2) is 16.7 Å². The monoisotopic (exact) mass is 229 g/mol. The van der Waals surface area contributed by atoms with Gasteiger partial charge in [-0.15, -0.1) is 0 Å². The van der Waals surface area contributed by atoms with E-state index in [0.29, 0.717) is 10.2 Å². The van der Waals surface area contributed by atoms with Gasteiger partial charge in [-0.2, -0.15) is 0 Å². The smallest absolute Gasteiger partial charge is 0.284 e. The lowest BCUT2D eigenvalue weighted by Crippen LogP contribution is -2.31. The predicted molar refractivity (Wildman–Crippen MR) is 48.3 cm³/mol. The van der Waals surface area contributed by atoms with E-state index in [2.05, 4.69) is 20.9 Å². The Bertz CT molecular complexity index is 314. The first kappa shape index (κ1) is 9.15. The van der Waals surface area contributed by atoms with Gasteiger partial charge in [-0.3, -0.25) is 10.2 Å². The number of rotatable bonds is 1. The van der Waals surface area contributed by atoms with E-state index in [1.807, 2.05) is 12.3 Å². The van der Waals surface area contributed by atoms with Crippen molar-refractivity contribution in [3.05, 3.63) is 28.0 Å². The predicted octanol–water partition coefficient (Wildman–Crippen LogP) is 0.756. The van der Waals surface area contributed by atoms with Crippen LogP contribution in [0.25, 0.3) is 0 Å². The summed E-state index contributed by atoms with van der Waals surface area (Å²) in [5, 5.41) is 0. The summed E-state index contributed by atoms with van der Waals surface area (Å²) in [6.45, 7) is 1.89. The van der Waals surface area contributed by atoms with Gasteiger partial charge in [0.1, 0.15) is 5.69 Å². The van der Waals surface area contributed by atoms with Gasteiger partial charge in [0.15, 0.2) is 0 Å². The number of nitrogen functional groups attached to an aromatic ring is 1. The zero-order valence-electron chi connectivity index (χ0n) is 6.47. The standard InChI is InChI=1S/C7H8BrN3O/c1-4-2-5(8)6(10-3-4)7(12)11-9/h2-3H,9H2,1H3,(H,11,12). The fraction of sp³-hybridized carbons (Fsp3) is 0.143. The lowest BCUT2D eigenvalue weighted by atomic mass is 10.3. The van der Waals surface area contributed by atoms with E-state index in [4.69, 9.17) is 5.84 Å². The zero-order chi connectivity index (χ0) is 9.14. The zero-order valence-corrected chi connectivity index (χ0v) is 8.05. The summed E-state index contributed by atoms with van der Waals surface area (Å²) in [6.07, 6.45) is 1.61. The molecule has 0 fully saturated rings. The van der Waals surface area contributed by atoms with Crippen molar-refractivity contribution in [3.63, 3.8) is 0 Å². The van der Waals surface area contributed by atoms with Crippen LogP contribution < -0.4 is 11.3 Å². The van der Waals surface area contributed by atoms with Crippen LogP contribution in [0.5, 0.6) is 0 Å². The first-order valence-electron chi connectivity index (χ1n) is 3.28. The number of carbonyl (C=O) groups excluding carboxylic acids is 1. The summed E-state index contributed by atoms with van der Waals surface area (Å²) in [6, 6.07) is 1.80. The molecule has 0 bridgehead atoms. The molecule has 0 aliphatic carbocycles. The van der Waals surface area contributed by atoms with Crippen molar-refractivity contribution < 1.29 is 4.79 Å². The molecule has 64 valence electrons. The quantitative estimate of drug-likeness (QED) is 0.425. The van der Waals surface area contributed by atoms with E-state index in [1.165, 1.54) is 0 Å². The number of nitrogens with two attached hydrogens (primary N) is 1. The normalized spacial score (nSPS) is 9.58. The molecule has 1 heterocycles. The van der Waals surface area contributed by atoms with Gasteiger partial charge in [0.05, 0.1) is 0 Å². The van der Waals surface area contributed by atoms with E-state index in [0.717, 1.165) is 5.56 Å². The topological polar surface area (TPSA) is 68.0 Å². The second kappa shape index (κ2) is 3.64. The fourth-order valence-electron chi connectivity index (χ4n) is 0.769. The van der Waals surface area contributed by atoms with Gasteiger partial charge in [-0.1, -0.05) is 0 Å². The Balaban J connectivity index is 3.09. The molecular formula is C7H8BrN3O. The summed E-state index contributed by atoms with van der Waals surface area (Å²) in [7, 11) is 0. The number of hydrogen-bond donors (Lipinski definition) is 2. The van der Waals surface area contributed by atoms with E-state index in [-0.39, 0.29) is 0 Å². The lowest BCUT2D eigenvalue weighted by molar-refractivity contribution is 0.0948. The molecule has 0 spiro atoms. The molecule has 0 aliphatic heterocycles. The van der Waals surface area contributed by atoms with Gasteiger partial charge >= 0.3 is 0 Å². The third kappa shape index (κ3) is 1.80. The molecule has 1 aromatic rings. The Hall–Kier alpha value is -0.940. The van der Waals surface area contributed by atoms with Crippen LogP contribution in [0.2, 0.25) is 0 Å². The van der Waals surface area contributed by atoms with Gasteiger partial charge in [-0.25, -0.2) is 10.8 Å². The molecule has 12 heavy (non-hydrogen) atoms. The summed E-state index contributed by atoms with van der Waals surface area (Å²) >= 11 is 3.21. The summed E-state index contributed by atoms with van der Waals surface area (Å²) in [5.41, 5.74) is 3.29. The maximum absolute atomic E-state index is 11.0. The minimum Gasteiger partial charge on any atom is -0.289 e. The van der Waals surface area contributed by atoms with E-state index >= 15 is 0 Å². The third-order valence-electron chi connectivity index (χ3n) is 1.32. The molecule has 1 aromatic heterocycles. The Morgan fingerprint density at radius 3 is 2.92 bits per heavy atom. The Morgan fingerprint density at radius 1 is 1.75 bits per heavy atom. The van der Waals surface area contributed by atoms with Gasteiger partial charge < -0.3 is 0 Å². The number of carbonyl (C=O) groups is 1. The SMILES string of the molecule is Cc1cnc(C(=O)NN)c(Br)c1. The van der Waals surface area contributed by atoms with Crippen LogP contribution >= 0.6 is 15.9 Å². The number of nitrogens with zero attached hydrogens (tertiary/aromatic N) is 1. The van der Waals surface area contributed by atoms with Crippen molar-refractivity contribution in [2.24, 2.45) is 5.84 Å². The van der Waals surface area contributed by atoms with Crippen molar-refractivity contribution in [3.8, 4) is 0 Å². The number of halogens is 1. The molecule has 0 radical (unpaired) electrons. The van der Waals surface area contributed by atoms with Crippen molar-refractivity contribution in [2.45, 2.75) is 6.92 Å². The average Bonchev–Trinajstić information content (AvgIpc) is 2.03. The number of aryl methyl sites for hydroxylation is 1. The minimum atomic E-state index is -0.401. The number of pyridine rings is 1. The van der Waals surface area contributed by atoms with Crippen molar-refractivity contribution in [2.75, 3.05) is 0 Å². The highest BCUT2D eigenvalue weighted by atomic mass is 79.9. The van der Waals surface area contributed by atoms with E-state index in [1.54, 1.807) is 12.3 Å². The van der Waals surface area contributed by atoms with Crippen LogP contribution in [0, 0.1) is 6.92 Å². The molecule has 0 aliphatic rings. The van der Waals surface area contributed by atoms with Crippen LogP contribution in [0.3, 0.4) is 0 Å². The molecule has 4 nitrogen and oxygen atoms in total. The maximum Gasteiger partial charge on any atom is 0.284 e. The molecule has 0 saturated carbocycles. The average molecular weight is 230 g/mol. The Morgan fingerprint density at radius 2 is 2.42 bits per heavy atom. The molecule has 0 atom stereocenters. The number of amides is 1. The highest BCUT2D eigenvalue weighted by Crippen LogP contribution is 2.14. The van der Waals surface area contributed by atoms with Gasteiger partial charge in [0.25, 0.3) is 5.91 Å². The maximum atomic E-state index is 11.0. The number of hydrazine groups is 1. The van der Waals surface area contributed by atoms with E-state index < -0.39 is 5.91 Å². The molecule has 0 aromatic carbocycles. The Labute approximate surface area is 78.3 Å². The van der Waals surface area contributed by atoms with Gasteiger partial charge in [-0.05, 0) is 34.5 Å². The van der Waals surface area contributed by atoms with Crippen LogP contribution in [0.1, 0.15) is 16.1 Å². The number of hydrogen-bond acceptors (Lipinski definition) is 3. The van der Waals surface area contributed by atoms with Crippen molar-refractivity contribution in [1.82, 2.24) is 10.4 Å². The number of aromatic nitrogens is 1. The molecule has 3 N–H and O–H groups in total. The molecule has 1 amide bonds. The Kier molecular flexibility index (Phi) is 2.78. The first-order chi connectivity index (χ1) is 5.65. The summed E-state index contributed by atoms with van der Waals surface area (Å²) in [5.74, 6) is 4.55. The number of nitrogens with one attached hydrogen (secondary N) is 1. The molecule has 0 saturated heterocycles. The molecule has 1 rings (SSSR count). The first-order valence-corrected chi connectivity index (χ1v) is 4.07. The summed E-state index contributed by atoms with van der Waals surface area (Å²) < 4.78 is 0.644. The summed E-state index contributed by atoms with van der Waals surface area (Å²) in [4.78, 5) is 14.9. The minimum absolute atomic E-state index is 0.295. The largest absolute Gasteiger partial charge is 0.289 e. The van der Waals surface area contributed by atoms with Gasteiger partial charge in [0, 0.05) is 10.7 Å². The fourth-order valence-corrected chi connectivity index (χ4v) is 1.41.